The van der Waals surface area contributed by atoms with Gasteiger partial charge >= 0.3 is 0 Å². The molecule has 1 N–H and O–H groups in total. The molecule has 0 aliphatic carbocycles. The molecule has 3 aromatic rings. The van der Waals surface area contributed by atoms with Gasteiger partial charge < -0.3 is 10.2 Å². The van der Waals surface area contributed by atoms with E-state index in [1.54, 1.807) is 0 Å². The van der Waals surface area contributed by atoms with Crippen LogP contribution in [0.3, 0.4) is 0 Å². The Bertz CT molecular complexity index is 1000. The average molecular weight is 378 g/mol. The Morgan fingerprint density at radius 2 is 2.11 bits per heavy atom. The van der Waals surface area contributed by atoms with Crippen LogP contribution in [-0.4, -0.2) is 57.6 Å². The molecule has 1 amide bonds. The number of aryl methyl sites for hydroxylation is 3. The van der Waals surface area contributed by atoms with Crippen LogP contribution in [0.5, 0.6) is 0 Å². The summed E-state index contributed by atoms with van der Waals surface area (Å²) < 4.78 is 3.89. The van der Waals surface area contributed by atoms with Crippen LogP contribution in [-0.2, 0) is 13.0 Å². The number of carbonyl (C=O) groups is 1. The normalized spacial score (nSPS) is 12.7. The summed E-state index contributed by atoms with van der Waals surface area (Å²) in [6, 6.07) is 10.1. The van der Waals surface area contributed by atoms with Gasteiger partial charge in [0.1, 0.15) is 0 Å². The molecule has 7 heteroatoms. The zero-order chi connectivity index (χ0) is 19.7. The highest BCUT2D eigenvalue weighted by molar-refractivity contribution is 5.93. The quantitative estimate of drug-likeness (QED) is 0.668. The molecule has 0 saturated heterocycles. The van der Waals surface area contributed by atoms with Crippen LogP contribution in [0.15, 0.2) is 36.5 Å². The van der Waals surface area contributed by atoms with Crippen molar-refractivity contribution in [2.45, 2.75) is 26.3 Å². The minimum Gasteiger partial charge on any atom is -0.351 e. The van der Waals surface area contributed by atoms with E-state index in [9.17, 15) is 4.79 Å². The first-order valence-corrected chi connectivity index (χ1v) is 9.68. The highest BCUT2D eigenvalue weighted by Gasteiger charge is 2.25. The van der Waals surface area contributed by atoms with E-state index in [2.05, 4.69) is 39.5 Å². The van der Waals surface area contributed by atoms with Gasteiger partial charge in [0.05, 0.1) is 23.3 Å². The highest BCUT2D eigenvalue weighted by atomic mass is 16.1. The summed E-state index contributed by atoms with van der Waals surface area (Å²) in [6.45, 7) is 4.43. The van der Waals surface area contributed by atoms with Gasteiger partial charge in [-0.2, -0.15) is 10.2 Å². The number of benzene rings is 1. The Balaban J connectivity index is 1.61. The number of nitrogens with zero attached hydrogens (tertiary/aromatic N) is 5. The third kappa shape index (κ3) is 3.45. The predicted molar refractivity (Wildman–Crippen MR) is 109 cm³/mol. The van der Waals surface area contributed by atoms with E-state index in [1.807, 2.05) is 47.9 Å². The zero-order valence-corrected chi connectivity index (χ0v) is 16.6. The average Bonchev–Trinajstić information content (AvgIpc) is 3.29. The third-order valence-electron chi connectivity index (χ3n) is 5.10. The van der Waals surface area contributed by atoms with Gasteiger partial charge in [-0.25, -0.2) is 4.68 Å². The van der Waals surface area contributed by atoms with Gasteiger partial charge in [0.15, 0.2) is 5.69 Å². The lowest BCUT2D eigenvalue weighted by atomic mass is 10.1. The van der Waals surface area contributed by atoms with Crippen molar-refractivity contribution < 1.29 is 4.79 Å². The second kappa shape index (κ2) is 7.59. The molecule has 0 fully saturated rings. The maximum Gasteiger partial charge on any atom is 0.271 e. The van der Waals surface area contributed by atoms with E-state index in [0.717, 1.165) is 48.6 Å². The van der Waals surface area contributed by atoms with Gasteiger partial charge in [0, 0.05) is 18.7 Å². The van der Waals surface area contributed by atoms with Crippen molar-refractivity contribution in [3.63, 3.8) is 0 Å². The molecule has 4 rings (SSSR count). The second-order valence-electron chi connectivity index (χ2n) is 7.52. The molecule has 7 nitrogen and oxygen atoms in total. The van der Waals surface area contributed by atoms with Crippen LogP contribution >= 0.6 is 0 Å². The second-order valence-corrected chi connectivity index (χ2v) is 7.52. The molecular formula is C21H26N6O. The standard InChI is InChI=1S/C21H26N6O/c1-15-7-4-5-8-18(15)27-20-16(14-23-27)9-12-26-19(20)13-17(24-26)21(28)22-10-6-11-25(2)3/h4-5,7-8,13-14H,6,9-12H2,1-3H3,(H,22,28). The van der Waals surface area contributed by atoms with Crippen molar-refractivity contribution in [3.05, 3.63) is 53.3 Å². The predicted octanol–water partition coefficient (Wildman–Crippen LogP) is 2.28. The molecule has 0 radical (unpaired) electrons. The largest absolute Gasteiger partial charge is 0.351 e. The molecule has 1 aromatic carbocycles. The van der Waals surface area contributed by atoms with Crippen molar-refractivity contribution in [3.8, 4) is 17.1 Å². The summed E-state index contributed by atoms with van der Waals surface area (Å²) in [5.41, 5.74) is 5.83. The summed E-state index contributed by atoms with van der Waals surface area (Å²) in [5, 5.41) is 12.2. The Labute approximate surface area is 165 Å². The number of rotatable bonds is 6. The zero-order valence-electron chi connectivity index (χ0n) is 16.6. The number of carbonyl (C=O) groups excluding carboxylic acids is 1. The van der Waals surface area contributed by atoms with Gasteiger partial charge in [0.2, 0.25) is 0 Å². The number of aromatic nitrogens is 4. The first-order chi connectivity index (χ1) is 13.5. The van der Waals surface area contributed by atoms with Crippen molar-refractivity contribution >= 4 is 5.91 Å². The fourth-order valence-electron chi connectivity index (χ4n) is 3.62. The maximum absolute atomic E-state index is 12.5. The van der Waals surface area contributed by atoms with Crippen molar-refractivity contribution in [2.75, 3.05) is 27.2 Å². The van der Waals surface area contributed by atoms with E-state index in [0.29, 0.717) is 12.2 Å². The lowest BCUT2D eigenvalue weighted by Crippen LogP contribution is -2.27. The number of amides is 1. The monoisotopic (exact) mass is 378 g/mol. The van der Waals surface area contributed by atoms with Crippen LogP contribution in [0, 0.1) is 6.92 Å². The van der Waals surface area contributed by atoms with Gasteiger partial charge in [0.25, 0.3) is 5.91 Å². The molecule has 2 aromatic heterocycles. The molecule has 3 heterocycles. The van der Waals surface area contributed by atoms with Crippen LogP contribution in [0.4, 0.5) is 0 Å². The molecule has 1 aliphatic rings. The van der Waals surface area contributed by atoms with E-state index >= 15 is 0 Å². The molecule has 0 unspecified atom stereocenters. The fraction of sp³-hybridized carbons (Fsp3) is 0.381. The van der Waals surface area contributed by atoms with Crippen molar-refractivity contribution in [1.82, 2.24) is 29.8 Å². The maximum atomic E-state index is 12.5. The molecule has 0 saturated carbocycles. The fourth-order valence-corrected chi connectivity index (χ4v) is 3.62. The lowest BCUT2D eigenvalue weighted by molar-refractivity contribution is 0.0946. The molecular weight excluding hydrogens is 352 g/mol. The number of nitrogens with one attached hydrogen (secondary N) is 1. The molecule has 0 spiro atoms. The molecule has 146 valence electrons. The summed E-state index contributed by atoms with van der Waals surface area (Å²) in [4.78, 5) is 14.7. The van der Waals surface area contributed by atoms with Gasteiger partial charge in [-0.1, -0.05) is 18.2 Å². The summed E-state index contributed by atoms with van der Waals surface area (Å²) >= 11 is 0. The van der Waals surface area contributed by atoms with Crippen molar-refractivity contribution in [2.24, 2.45) is 0 Å². The Morgan fingerprint density at radius 3 is 2.89 bits per heavy atom. The smallest absolute Gasteiger partial charge is 0.271 e. The molecule has 0 atom stereocenters. The summed E-state index contributed by atoms with van der Waals surface area (Å²) in [6.07, 6.45) is 3.70. The number of hydrogen-bond acceptors (Lipinski definition) is 4. The Morgan fingerprint density at radius 1 is 1.29 bits per heavy atom. The van der Waals surface area contributed by atoms with Crippen LogP contribution in [0.25, 0.3) is 17.1 Å². The lowest BCUT2D eigenvalue weighted by Gasteiger charge is -2.17. The number of para-hydroxylation sites is 1. The number of fused-ring (bicyclic) bond motifs is 3. The van der Waals surface area contributed by atoms with Gasteiger partial charge in [-0.05, 0) is 58.1 Å². The first-order valence-electron chi connectivity index (χ1n) is 9.68. The van der Waals surface area contributed by atoms with Gasteiger partial charge in [-0.3, -0.25) is 9.48 Å². The van der Waals surface area contributed by atoms with Crippen LogP contribution in [0.2, 0.25) is 0 Å². The highest BCUT2D eigenvalue weighted by Crippen LogP contribution is 2.32. The molecule has 28 heavy (non-hydrogen) atoms. The topological polar surface area (TPSA) is 68.0 Å². The third-order valence-corrected chi connectivity index (χ3v) is 5.10. The van der Waals surface area contributed by atoms with E-state index < -0.39 is 0 Å². The summed E-state index contributed by atoms with van der Waals surface area (Å²) in [5.74, 6) is -0.121. The molecule has 1 aliphatic heterocycles. The SMILES string of the molecule is Cc1ccccc1-n1ncc2c1-c1cc(C(=O)NCCCN(C)C)nn1CC2. The van der Waals surface area contributed by atoms with E-state index in [-0.39, 0.29) is 5.91 Å². The van der Waals surface area contributed by atoms with Gasteiger partial charge in [-0.15, -0.1) is 0 Å². The van der Waals surface area contributed by atoms with E-state index in [1.165, 1.54) is 5.56 Å². The molecule has 0 bridgehead atoms. The summed E-state index contributed by atoms with van der Waals surface area (Å²) in [7, 11) is 4.06. The number of hydrogen-bond donors (Lipinski definition) is 1. The minimum absolute atomic E-state index is 0.121. The van der Waals surface area contributed by atoms with E-state index in [4.69, 9.17) is 0 Å². The minimum atomic E-state index is -0.121. The Hall–Kier alpha value is -2.93. The van der Waals surface area contributed by atoms with Crippen molar-refractivity contribution in [1.29, 1.82) is 0 Å². The van der Waals surface area contributed by atoms with Crippen LogP contribution < -0.4 is 5.32 Å². The van der Waals surface area contributed by atoms with Crippen LogP contribution in [0.1, 0.15) is 28.0 Å². The first kappa shape index (κ1) is 18.4. The Kier molecular flexibility index (Phi) is 5.00.